The van der Waals surface area contributed by atoms with E-state index in [0.717, 1.165) is 24.7 Å². The molecule has 0 aromatic heterocycles. The summed E-state index contributed by atoms with van der Waals surface area (Å²) < 4.78 is 0. The van der Waals surface area contributed by atoms with E-state index in [9.17, 15) is 4.79 Å². The van der Waals surface area contributed by atoms with Crippen LogP contribution in [0, 0.1) is 23.7 Å². The lowest BCUT2D eigenvalue weighted by Crippen LogP contribution is -2.22. The molecule has 2 heteroatoms. The van der Waals surface area contributed by atoms with Crippen LogP contribution in [-0.2, 0) is 4.79 Å². The van der Waals surface area contributed by atoms with Crippen molar-refractivity contribution in [2.24, 2.45) is 23.7 Å². The Kier molecular flexibility index (Phi) is 1.44. The largest absolute Gasteiger partial charge is 0.481 e. The van der Waals surface area contributed by atoms with Crippen LogP contribution in [-0.4, -0.2) is 11.1 Å². The van der Waals surface area contributed by atoms with Gasteiger partial charge >= 0.3 is 5.97 Å². The lowest BCUT2D eigenvalue weighted by molar-refractivity contribution is -0.143. The number of carboxylic acids is 1. The molecular weight excluding hydrogens is 140 g/mol. The summed E-state index contributed by atoms with van der Waals surface area (Å²) in [7, 11) is 0. The Balaban J connectivity index is 2.08. The summed E-state index contributed by atoms with van der Waals surface area (Å²) in [4.78, 5) is 10.7. The summed E-state index contributed by atoms with van der Waals surface area (Å²) in [5, 5.41) is 8.82. The SMILES string of the molecule is C[C@H]1C[C@@H]2CC1C[C@H]2C(=O)O. The maximum absolute atomic E-state index is 10.7. The Morgan fingerprint density at radius 3 is 2.36 bits per heavy atom. The van der Waals surface area contributed by atoms with Crippen molar-refractivity contribution in [3.05, 3.63) is 0 Å². The molecule has 2 saturated carbocycles. The summed E-state index contributed by atoms with van der Waals surface area (Å²) in [6.45, 7) is 2.25. The van der Waals surface area contributed by atoms with Gasteiger partial charge in [-0.3, -0.25) is 4.79 Å². The number of hydrogen-bond acceptors (Lipinski definition) is 1. The van der Waals surface area contributed by atoms with Gasteiger partial charge in [-0.25, -0.2) is 0 Å². The molecule has 2 fully saturated rings. The topological polar surface area (TPSA) is 37.3 Å². The fourth-order valence-electron chi connectivity index (χ4n) is 2.87. The van der Waals surface area contributed by atoms with E-state index in [1.807, 2.05) is 0 Å². The zero-order chi connectivity index (χ0) is 8.01. The molecule has 1 unspecified atom stereocenters. The Hall–Kier alpha value is -0.530. The molecule has 0 saturated heterocycles. The van der Waals surface area contributed by atoms with Gasteiger partial charge < -0.3 is 5.11 Å². The van der Waals surface area contributed by atoms with Gasteiger partial charge in [0.25, 0.3) is 0 Å². The first-order chi connectivity index (χ1) is 5.18. The van der Waals surface area contributed by atoms with Crippen LogP contribution in [0.5, 0.6) is 0 Å². The van der Waals surface area contributed by atoms with Crippen LogP contribution < -0.4 is 0 Å². The van der Waals surface area contributed by atoms with E-state index in [1.165, 1.54) is 6.42 Å². The van der Waals surface area contributed by atoms with Crippen molar-refractivity contribution in [1.29, 1.82) is 0 Å². The second-order valence-corrected chi connectivity index (χ2v) is 4.15. The predicted molar refractivity (Wildman–Crippen MR) is 41.1 cm³/mol. The normalized spacial score (nSPS) is 48.1. The van der Waals surface area contributed by atoms with Gasteiger partial charge in [-0.1, -0.05) is 6.92 Å². The van der Waals surface area contributed by atoms with Gasteiger partial charge in [-0.2, -0.15) is 0 Å². The predicted octanol–water partition coefficient (Wildman–Crippen LogP) is 1.75. The maximum atomic E-state index is 10.7. The second kappa shape index (κ2) is 2.23. The number of hydrogen-bond donors (Lipinski definition) is 1. The van der Waals surface area contributed by atoms with Gasteiger partial charge in [0.1, 0.15) is 0 Å². The van der Waals surface area contributed by atoms with E-state index in [2.05, 4.69) is 6.92 Å². The third-order valence-electron chi connectivity index (χ3n) is 3.53. The minimum Gasteiger partial charge on any atom is -0.481 e. The minimum atomic E-state index is -0.565. The molecule has 0 aliphatic heterocycles. The molecule has 2 aliphatic rings. The van der Waals surface area contributed by atoms with E-state index in [-0.39, 0.29) is 5.92 Å². The molecule has 2 nitrogen and oxygen atoms in total. The molecule has 62 valence electrons. The Labute approximate surface area is 66.6 Å². The Bertz CT molecular complexity index is 186. The molecule has 0 amide bonds. The van der Waals surface area contributed by atoms with Crippen LogP contribution in [0.3, 0.4) is 0 Å². The van der Waals surface area contributed by atoms with Crippen LogP contribution in [0.25, 0.3) is 0 Å². The van der Waals surface area contributed by atoms with Crippen molar-refractivity contribution in [2.75, 3.05) is 0 Å². The number of fused-ring (bicyclic) bond motifs is 2. The van der Waals surface area contributed by atoms with Crippen molar-refractivity contribution in [2.45, 2.75) is 26.2 Å². The highest BCUT2D eigenvalue weighted by molar-refractivity contribution is 5.71. The molecule has 2 rings (SSSR count). The molecule has 2 bridgehead atoms. The molecule has 4 atom stereocenters. The van der Waals surface area contributed by atoms with Gasteiger partial charge in [0.15, 0.2) is 0 Å². The molecule has 2 aliphatic carbocycles. The van der Waals surface area contributed by atoms with Crippen molar-refractivity contribution in [1.82, 2.24) is 0 Å². The van der Waals surface area contributed by atoms with E-state index in [4.69, 9.17) is 5.11 Å². The summed E-state index contributed by atoms with van der Waals surface area (Å²) in [6.07, 6.45) is 3.28. The lowest BCUT2D eigenvalue weighted by Gasteiger charge is -2.21. The van der Waals surface area contributed by atoms with Gasteiger partial charge in [-0.15, -0.1) is 0 Å². The van der Waals surface area contributed by atoms with E-state index < -0.39 is 5.97 Å². The summed E-state index contributed by atoms with van der Waals surface area (Å²) >= 11 is 0. The minimum absolute atomic E-state index is 0.00352. The smallest absolute Gasteiger partial charge is 0.306 e. The monoisotopic (exact) mass is 154 g/mol. The molecule has 0 heterocycles. The highest BCUT2D eigenvalue weighted by Crippen LogP contribution is 2.51. The zero-order valence-electron chi connectivity index (χ0n) is 6.79. The Morgan fingerprint density at radius 2 is 2.00 bits per heavy atom. The third kappa shape index (κ3) is 0.959. The van der Waals surface area contributed by atoms with Gasteiger partial charge in [-0.05, 0) is 37.0 Å². The van der Waals surface area contributed by atoms with Crippen LogP contribution >= 0.6 is 0 Å². The average Bonchev–Trinajstić information content (AvgIpc) is 2.43. The fraction of sp³-hybridized carbons (Fsp3) is 0.889. The zero-order valence-corrected chi connectivity index (χ0v) is 6.79. The number of carbonyl (C=O) groups is 1. The lowest BCUT2D eigenvalue weighted by atomic mass is 9.83. The summed E-state index contributed by atoms with van der Waals surface area (Å²) in [6, 6.07) is 0. The Morgan fingerprint density at radius 1 is 1.27 bits per heavy atom. The van der Waals surface area contributed by atoms with E-state index >= 15 is 0 Å². The molecule has 1 N–H and O–H groups in total. The van der Waals surface area contributed by atoms with Gasteiger partial charge in [0, 0.05) is 0 Å². The maximum Gasteiger partial charge on any atom is 0.306 e. The van der Waals surface area contributed by atoms with E-state index in [0.29, 0.717) is 5.92 Å². The second-order valence-electron chi connectivity index (χ2n) is 4.15. The van der Waals surface area contributed by atoms with Crippen molar-refractivity contribution in [3.8, 4) is 0 Å². The summed E-state index contributed by atoms with van der Waals surface area (Å²) in [5.41, 5.74) is 0. The third-order valence-corrected chi connectivity index (χ3v) is 3.53. The highest BCUT2D eigenvalue weighted by atomic mass is 16.4. The number of aliphatic carboxylic acids is 1. The van der Waals surface area contributed by atoms with Crippen molar-refractivity contribution >= 4 is 5.97 Å². The quantitative estimate of drug-likeness (QED) is 0.624. The van der Waals surface area contributed by atoms with Crippen LogP contribution in [0.15, 0.2) is 0 Å². The van der Waals surface area contributed by atoms with E-state index in [1.54, 1.807) is 0 Å². The molecular formula is C9H14O2. The number of carboxylic acid groups (broad SMARTS) is 1. The first-order valence-corrected chi connectivity index (χ1v) is 4.41. The standard InChI is InChI=1S/C9H14O2/c1-5-2-7-3-6(5)4-8(7)9(10)11/h5-8H,2-4H2,1H3,(H,10,11)/t5-,6?,7+,8+/m0/s1. The first-order valence-electron chi connectivity index (χ1n) is 4.41. The number of rotatable bonds is 1. The molecule has 0 radical (unpaired) electrons. The molecule has 11 heavy (non-hydrogen) atoms. The highest BCUT2D eigenvalue weighted by Gasteiger charge is 2.46. The van der Waals surface area contributed by atoms with Crippen molar-refractivity contribution in [3.63, 3.8) is 0 Å². The van der Waals surface area contributed by atoms with Crippen LogP contribution in [0.1, 0.15) is 26.2 Å². The first kappa shape index (κ1) is 7.14. The van der Waals surface area contributed by atoms with Crippen LogP contribution in [0.4, 0.5) is 0 Å². The summed E-state index contributed by atoms with van der Waals surface area (Å²) in [5.74, 6) is 1.45. The molecule has 0 aromatic rings. The average molecular weight is 154 g/mol. The molecule has 0 aromatic carbocycles. The van der Waals surface area contributed by atoms with Gasteiger partial charge in [0.05, 0.1) is 5.92 Å². The van der Waals surface area contributed by atoms with Gasteiger partial charge in [0.2, 0.25) is 0 Å². The van der Waals surface area contributed by atoms with Crippen LogP contribution in [0.2, 0.25) is 0 Å². The van der Waals surface area contributed by atoms with Crippen molar-refractivity contribution < 1.29 is 9.90 Å². The molecule has 0 spiro atoms. The fourth-order valence-corrected chi connectivity index (χ4v) is 2.87.